The molecule has 2 N–H and O–H groups in total. The molecule has 3 rings (SSSR count). The van der Waals surface area contributed by atoms with Crippen LogP contribution in [0.15, 0.2) is 24.3 Å². The van der Waals surface area contributed by atoms with Gasteiger partial charge in [-0.2, -0.15) is 0 Å². The number of methoxy groups -OCH3 is 1. The molecule has 1 aromatic carbocycles. The van der Waals surface area contributed by atoms with Crippen molar-refractivity contribution >= 4 is 0 Å². The fourth-order valence-corrected chi connectivity index (χ4v) is 3.46. The Morgan fingerprint density at radius 2 is 1.90 bits per heavy atom. The van der Waals surface area contributed by atoms with Crippen molar-refractivity contribution in [3.8, 4) is 5.75 Å². The molecular formula is C16H25N3O. The lowest BCUT2D eigenvalue weighted by Crippen LogP contribution is -2.53. The largest absolute Gasteiger partial charge is 0.497 e. The zero-order valence-electron chi connectivity index (χ0n) is 12.3. The SMILES string of the molecule is COc1ccc(CCN2CNCC23CCNCC3)cc1. The monoisotopic (exact) mass is 275 g/mol. The number of nitrogens with zero attached hydrogens (tertiary/aromatic N) is 1. The van der Waals surface area contributed by atoms with Gasteiger partial charge in [-0.3, -0.25) is 4.90 Å². The molecule has 4 nitrogen and oxygen atoms in total. The Hall–Kier alpha value is -1.10. The van der Waals surface area contributed by atoms with Gasteiger partial charge in [0.15, 0.2) is 0 Å². The summed E-state index contributed by atoms with van der Waals surface area (Å²) in [6.45, 7) is 5.63. The molecular weight excluding hydrogens is 250 g/mol. The van der Waals surface area contributed by atoms with Gasteiger partial charge in [-0.25, -0.2) is 0 Å². The molecule has 0 saturated carbocycles. The van der Waals surface area contributed by atoms with Crippen molar-refractivity contribution in [2.75, 3.05) is 40.0 Å². The van der Waals surface area contributed by atoms with Crippen LogP contribution in [0.2, 0.25) is 0 Å². The van der Waals surface area contributed by atoms with Gasteiger partial charge in [0.1, 0.15) is 5.75 Å². The third-order valence-electron chi connectivity index (χ3n) is 4.79. The average molecular weight is 275 g/mol. The Morgan fingerprint density at radius 1 is 1.15 bits per heavy atom. The topological polar surface area (TPSA) is 36.5 Å². The minimum Gasteiger partial charge on any atom is -0.497 e. The van der Waals surface area contributed by atoms with Crippen LogP contribution in [-0.2, 0) is 6.42 Å². The van der Waals surface area contributed by atoms with E-state index in [9.17, 15) is 0 Å². The lowest BCUT2D eigenvalue weighted by molar-refractivity contribution is 0.111. The molecule has 0 aliphatic carbocycles. The van der Waals surface area contributed by atoms with Crippen molar-refractivity contribution in [1.29, 1.82) is 0 Å². The average Bonchev–Trinajstić information content (AvgIpc) is 2.88. The maximum atomic E-state index is 5.21. The molecule has 4 heteroatoms. The number of ether oxygens (including phenoxy) is 1. The van der Waals surface area contributed by atoms with Crippen molar-refractivity contribution < 1.29 is 4.74 Å². The summed E-state index contributed by atoms with van der Waals surface area (Å²) in [5.74, 6) is 0.936. The molecule has 0 unspecified atom stereocenters. The number of piperidine rings is 1. The maximum Gasteiger partial charge on any atom is 0.118 e. The van der Waals surface area contributed by atoms with Crippen LogP contribution in [0.1, 0.15) is 18.4 Å². The zero-order chi connectivity index (χ0) is 13.8. The molecule has 0 amide bonds. The second-order valence-electron chi connectivity index (χ2n) is 5.92. The van der Waals surface area contributed by atoms with Gasteiger partial charge in [-0.15, -0.1) is 0 Å². The van der Waals surface area contributed by atoms with E-state index < -0.39 is 0 Å². The van der Waals surface area contributed by atoms with Crippen LogP contribution >= 0.6 is 0 Å². The van der Waals surface area contributed by atoms with Crippen molar-refractivity contribution in [2.45, 2.75) is 24.8 Å². The third-order valence-corrected chi connectivity index (χ3v) is 4.79. The quantitative estimate of drug-likeness (QED) is 0.866. The van der Waals surface area contributed by atoms with Gasteiger partial charge >= 0.3 is 0 Å². The first kappa shape index (κ1) is 13.9. The van der Waals surface area contributed by atoms with Crippen LogP contribution in [0, 0.1) is 0 Å². The van der Waals surface area contributed by atoms with Gasteiger partial charge < -0.3 is 15.4 Å². The molecule has 2 saturated heterocycles. The number of nitrogens with one attached hydrogen (secondary N) is 2. The fourth-order valence-electron chi connectivity index (χ4n) is 3.46. The molecule has 0 atom stereocenters. The summed E-state index contributed by atoms with van der Waals surface area (Å²) in [6, 6.07) is 8.46. The smallest absolute Gasteiger partial charge is 0.118 e. The first-order valence-electron chi connectivity index (χ1n) is 7.62. The van der Waals surface area contributed by atoms with Gasteiger partial charge in [0.25, 0.3) is 0 Å². The minimum atomic E-state index is 0.401. The molecule has 1 spiro atoms. The molecule has 0 bridgehead atoms. The van der Waals surface area contributed by atoms with Gasteiger partial charge in [0.05, 0.1) is 7.11 Å². The summed E-state index contributed by atoms with van der Waals surface area (Å²) in [6.07, 6.45) is 3.64. The highest BCUT2D eigenvalue weighted by molar-refractivity contribution is 5.27. The normalized spacial score (nSPS) is 22.2. The Balaban J connectivity index is 1.59. The zero-order valence-corrected chi connectivity index (χ0v) is 12.3. The van der Waals surface area contributed by atoms with Crippen LogP contribution in [0.5, 0.6) is 5.75 Å². The van der Waals surface area contributed by atoms with Crippen LogP contribution in [-0.4, -0.2) is 50.4 Å². The summed E-state index contributed by atoms with van der Waals surface area (Å²) in [4.78, 5) is 2.65. The van der Waals surface area contributed by atoms with E-state index in [4.69, 9.17) is 4.74 Å². The van der Waals surface area contributed by atoms with Crippen molar-refractivity contribution in [3.63, 3.8) is 0 Å². The summed E-state index contributed by atoms with van der Waals surface area (Å²) in [5, 5.41) is 7.04. The van der Waals surface area contributed by atoms with E-state index in [0.29, 0.717) is 5.54 Å². The van der Waals surface area contributed by atoms with Gasteiger partial charge in [0.2, 0.25) is 0 Å². The summed E-state index contributed by atoms with van der Waals surface area (Å²) < 4.78 is 5.21. The molecule has 2 fully saturated rings. The lowest BCUT2D eigenvalue weighted by atomic mass is 9.87. The molecule has 1 aromatic rings. The van der Waals surface area contributed by atoms with Crippen LogP contribution in [0.25, 0.3) is 0 Å². The molecule has 2 aliphatic heterocycles. The summed E-state index contributed by atoms with van der Waals surface area (Å²) >= 11 is 0. The van der Waals surface area contributed by atoms with Crippen molar-refractivity contribution in [2.24, 2.45) is 0 Å². The van der Waals surface area contributed by atoms with Crippen molar-refractivity contribution in [3.05, 3.63) is 29.8 Å². The highest BCUT2D eigenvalue weighted by atomic mass is 16.5. The van der Waals surface area contributed by atoms with Gasteiger partial charge in [0, 0.05) is 25.3 Å². The third kappa shape index (κ3) is 2.82. The number of benzene rings is 1. The highest BCUT2D eigenvalue weighted by Crippen LogP contribution is 2.29. The molecule has 0 radical (unpaired) electrons. The van der Waals surface area contributed by atoms with E-state index in [-0.39, 0.29) is 0 Å². The maximum absolute atomic E-state index is 5.21. The molecule has 0 aromatic heterocycles. The van der Waals surface area contributed by atoms with E-state index in [1.807, 2.05) is 0 Å². The van der Waals surface area contributed by atoms with E-state index in [0.717, 1.165) is 45.0 Å². The minimum absolute atomic E-state index is 0.401. The summed E-state index contributed by atoms with van der Waals surface area (Å²) in [7, 11) is 1.71. The second-order valence-corrected chi connectivity index (χ2v) is 5.92. The summed E-state index contributed by atoms with van der Waals surface area (Å²) in [5.41, 5.74) is 1.79. The first-order valence-corrected chi connectivity index (χ1v) is 7.62. The Labute approximate surface area is 121 Å². The fraction of sp³-hybridized carbons (Fsp3) is 0.625. The Kier molecular flexibility index (Phi) is 4.24. The molecule has 2 heterocycles. The Bertz CT molecular complexity index is 426. The predicted molar refractivity (Wildman–Crippen MR) is 81.1 cm³/mol. The van der Waals surface area contributed by atoms with Crippen LogP contribution < -0.4 is 15.4 Å². The predicted octanol–water partition coefficient (Wildman–Crippen LogP) is 1.22. The van der Waals surface area contributed by atoms with Gasteiger partial charge in [-0.1, -0.05) is 12.1 Å². The highest BCUT2D eigenvalue weighted by Gasteiger charge is 2.40. The van der Waals surface area contributed by atoms with E-state index in [2.05, 4.69) is 39.8 Å². The molecule has 2 aliphatic rings. The molecule has 20 heavy (non-hydrogen) atoms. The lowest BCUT2D eigenvalue weighted by Gasteiger charge is -2.41. The second kappa shape index (κ2) is 6.12. The van der Waals surface area contributed by atoms with Crippen molar-refractivity contribution in [1.82, 2.24) is 15.5 Å². The number of hydrogen-bond donors (Lipinski definition) is 2. The standard InChI is InChI=1S/C16H25N3O/c1-20-15-4-2-14(3-5-15)6-11-19-13-18-12-16(19)7-9-17-10-8-16/h2-5,17-18H,6-13H2,1H3. The van der Waals surface area contributed by atoms with Crippen LogP contribution in [0.3, 0.4) is 0 Å². The number of hydrogen-bond acceptors (Lipinski definition) is 4. The first-order chi connectivity index (χ1) is 9.82. The van der Waals surface area contributed by atoms with E-state index in [1.165, 1.54) is 18.4 Å². The Morgan fingerprint density at radius 3 is 2.60 bits per heavy atom. The van der Waals surface area contributed by atoms with E-state index in [1.54, 1.807) is 7.11 Å². The van der Waals surface area contributed by atoms with Crippen LogP contribution in [0.4, 0.5) is 0 Å². The van der Waals surface area contributed by atoms with Gasteiger partial charge in [-0.05, 0) is 50.0 Å². The molecule has 110 valence electrons. The number of rotatable bonds is 4. The van der Waals surface area contributed by atoms with E-state index >= 15 is 0 Å².